The first-order valence-corrected chi connectivity index (χ1v) is 5.06. The van der Waals surface area contributed by atoms with Gasteiger partial charge in [-0.2, -0.15) is 8.78 Å². The number of halogens is 3. The van der Waals surface area contributed by atoms with Gasteiger partial charge in [-0.15, -0.1) is 0 Å². The Hall–Kier alpha value is -0.920. The molecule has 0 amide bonds. The molecule has 0 heterocycles. The Labute approximate surface area is 99.0 Å². The van der Waals surface area contributed by atoms with Gasteiger partial charge in [0.25, 0.3) is 0 Å². The normalized spacial score (nSPS) is 10.1. The fraction of sp³-hybridized carbons (Fsp3) is 0.222. The summed E-state index contributed by atoms with van der Waals surface area (Å²) in [6.07, 6.45) is 0. The zero-order valence-electron chi connectivity index (χ0n) is 7.54. The topological polar surface area (TPSA) is 42.3 Å². The van der Waals surface area contributed by atoms with E-state index in [0.717, 1.165) is 0 Å². The van der Waals surface area contributed by atoms with E-state index in [-0.39, 0.29) is 16.3 Å². The summed E-state index contributed by atoms with van der Waals surface area (Å²) >= 11 is 1.71. The quantitative estimate of drug-likeness (QED) is 0.524. The molecule has 6 heteroatoms. The molecule has 82 valence electrons. The number of ether oxygens (including phenoxy) is 2. The van der Waals surface area contributed by atoms with Gasteiger partial charge in [0.05, 0.1) is 0 Å². The summed E-state index contributed by atoms with van der Waals surface area (Å²) in [5.74, 6) is 0.0890. The summed E-state index contributed by atoms with van der Waals surface area (Å²) in [5.41, 5.74) is 0.676. The van der Waals surface area contributed by atoms with Crippen LogP contribution < -0.4 is 4.74 Å². The van der Waals surface area contributed by atoms with Crippen molar-refractivity contribution in [2.24, 2.45) is 0 Å². The highest BCUT2D eigenvalue weighted by atomic mass is 127. The molecule has 0 aliphatic carbocycles. The van der Waals surface area contributed by atoms with Gasteiger partial charge < -0.3 is 9.47 Å². The van der Waals surface area contributed by atoms with Crippen molar-refractivity contribution >= 4 is 26.5 Å². The van der Waals surface area contributed by atoms with E-state index in [0.29, 0.717) is 5.56 Å². The smallest absolute Gasteiger partial charge is 0.387 e. The molecule has 1 aromatic carbocycles. The minimum absolute atomic E-state index is 0.0489. The van der Waals surface area contributed by atoms with Crippen LogP contribution in [-0.4, -0.2) is 10.5 Å². The molecule has 0 aromatic heterocycles. The van der Waals surface area contributed by atoms with E-state index in [4.69, 9.17) is 10.1 Å². The molecule has 0 fully saturated rings. The first-order valence-electron chi connectivity index (χ1n) is 3.98. The van der Waals surface area contributed by atoms with Crippen LogP contribution in [0.3, 0.4) is 0 Å². The number of nitrogens with one attached hydrogen (secondary N) is 1. The van der Waals surface area contributed by atoms with E-state index in [2.05, 4.69) is 4.74 Å². The standard InChI is InChI=1S/C9H8F2INO2/c10-8(11)15-7-3-1-2-6(4-7)5-14-9(12)13/h1-4,8,13H,5H2. The Morgan fingerprint density at radius 1 is 1.47 bits per heavy atom. The van der Waals surface area contributed by atoms with Crippen molar-refractivity contribution in [1.82, 2.24) is 0 Å². The molecule has 1 aromatic rings. The average Bonchev–Trinajstić information content (AvgIpc) is 2.14. The summed E-state index contributed by atoms with van der Waals surface area (Å²) in [6, 6.07) is 6.18. The van der Waals surface area contributed by atoms with E-state index in [1.807, 2.05) is 0 Å². The Kier molecular flexibility index (Phi) is 4.73. The molecule has 0 aliphatic heterocycles. The van der Waals surface area contributed by atoms with E-state index in [9.17, 15) is 8.78 Å². The van der Waals surface area contributed by atoms with Crippen molar-refractivity contribution in [2.45, 2.75) is 13.2 Å². The third-order valence-electron chi connectivity index (χ3n) is 1.49. The monoisotopic (exact) mass is 327 g/mol. The van der Waals surface area contributed by atoms with Gasteiger partial charge in [0, 0.05) is 22.6 Å². The maximum atomic E-state index is 11.9. The third-order valence-corrected chi connectivity index (χ3v) is 1.80. The molecule has 0 atom stereocenters. The Morgan fingerprint density at radius 3 is 2.80 bits per heavy atom. The number of benzene rings is 1. The lowest BCUT2D eigenvalue weighted by Crippen LogP contribution is -2.02. The van der Waals surface area contributed by atoms with Crippen LogP contribution in [-0.2, 0) is 11.3 Å². The lowest BCUT2D eigenvalue weighted by molar-refractivity contribution is -0.0499. The van der Waals surface area contributed by atoms with E-state index < -0.39 is 6.61 Å². The Morgan fingerprint density at radius 2 is 2.20 bits per heavy atom. The van der Waals surface area contributed by atoms with Gasteiger partial charge in [0.2, 0.25) is 3.90 Å². The van der Waals surface area contributed by atoms with Crippen LogP contribution in [0.15, 0.2) is 24.3 Å². The second-order valence-corrected chi connectivity index (χ2v) is 3.57. The van der Waals surface area contributed by atoms with Gasteiger partial charge in [-0.05, 0) is 17.7 Å². The van der Waals surface area contributed by atoms with Crippen molar-refractivity contribution in [3.05, 3.63) is 29.8 Å². The fourth-order valence-corrected chi connectivity index (χ4v) is 1.11. The van der Waals surface area contributed by atoms with Crippen LogP contribution in [0.25, 0.3) is 0 Å². The van der Waals surface area contributed by atoms with Crippen molar-refractivity contribution in [3.8, 4) is 5.75 Å². The Balaban J connectivity index is 2.61. The maximum absolute atomic E-state index is 11.9. The third kappa shape index (κ3) is 4.91. The molecule has 0 spiro atoms. The van der Waals surface area contributed by atoms with Gasteiger partial charge in [-0.25, -0.2) is 0 Å². The highest BCUT2D eigenvalue weighted by molar-refractivity contribution is 14.1. The summed E-state index contributed by atoms with van der Waals surface area (Å²) < 4.78 is 32.9. The van der Waals surface area contributed by atoms with Crippen LogP contribution in [0.4, 0.5) is 8.78 Å². The first kappa shape index (κ1) is 12.2. The molecule has 0 saturated carbocycles. The highest BCUT2D eigenvalue weighted by Crippen LogP contribution is 2.16. The first-order chi connectivity index (χ1) is 7.08. The summed E-state index contributed by atoms with van der Waals surface area (Å²) in [6.45, 7) is -2.66. The number of hydrogen-bond acceptors (Lipinski definition) is 3. The zero-order valence-corrected chi connectivity index (χ0v) is 9.70. The zero-order chi connectivity index (χ0) is 11.3. The number of hydrogen-bond donors (Lipinski definition) is 1. The van der Waals surface area contributed by atoms with Gasteiger partial charge in [0.1, 0.15) is 12.4 Å². The van der Waals surface area contributed by atoms with E-state index >= 15 is 0 Å². The maximum Gasteiger partial charge on any atom is 0.387 e. The second-order valence-electron chi connectivity index (χ2n) is 2.59. The second kappa shape index (κ2) is 5.84. The highest BCUT2D eigenvalue weighted by Gasteiger charge is 2.04. The Bertz CT molecular complexity index is 347. The van der Waals surface area contributed by atoms with Crippen molar-refractivity contribution in [3.63, 3.8) is 0 Å². The number of alkyl halides is 2. The lowest BCUT2D eigenvalue weighted by atomic mass is 10.2. The van der Waals surface area contributed by atoms with Crippen LogP contribution in [0.5, 0.6) is 5.75 Å². The predicted molar refractivity (Wildman–Crippen MR) is 59.6 cm³/mol. The van der Waals surface area contributed by atoms with Gasteiger partial charge in [-0.1, -0.05) is 12.1 Å². The molecular formula is C9H8F2INO2. The molecule has 1 rings (SSSR count). The van der Waals surface area contributed by atoms with Crippen molar-refractivity contribution < 1.29 is 18.3 Å². The van der Waals surface area contributed by atoms with Crippen LogP contribution in [0, 0.1) is 5.41 Å². The molecular weight excluding hydrogens is 319 g/mol. The van der Waals surface area contributed by atoms with E-state index in [1.54, 1.807) is 34.7 Å². The summed E-state index contributed by atoms with van der Waals surface area (Å²) in [7, 11) is 0. The summed E-state index contributed by atoms with van der Waals surface area (Å²) in [5, 5.41) is 7.02. The molecule has 15 heavy (non-hydrogen) atoms. The number of rotatable bonds is 4. The fourth-order valence-electron chi connectivity index (χ4n) is 0.958. The van der Waals surface area contributed by atoms with Crippen LogP contribution >= 0.6 is 22.6 Å². The largest absolute Gasteiger partial charge is 0.469 e. The van der Waals surface area contributed by atoms with Crippen LogP contribution in [0.2, 0.25) is 0 Å². The van der Waals surface area contributed by atoms with Crippen molar-refractivity contribution in [2.75, 3.05) is 0 Å². The molecule has 0 bridgehead atoms. The predicted octanol–water partition coefficient (Wildman–Crippen LogP) is 3.17. The SMILES string of the molecule is N=C(I)OCc1cccc(OC(F)F)c1. The molecule has 1 N–H and O–H groups in total. The summed E-state index contributed by atoms with van der Waals surface area (Å²) in [4.78, 5) is 0. The lowest BCUT2D eigenvalue weighted by Gasteiger charge is -2.06. The van der Waals surface area contributed by atoms with Gasteiger partial charge in [-0.3, -0.25) is 5.41 Å². The minimum atomic E-state index is -2.83. The van der Waals surface area contributed by atoms with Gasteiger partial charge >= 0.3 is 6.61 Å². The molecule has 3 nitrogen and oxygen atoms in total. The molecule has 0 radical (unpaired) electrons. The van der Waals surface area contributed by atoms with Crippen LogP contribution in [0.1, 0.15) is 5.56 Å². The van der Waals surface area contributed by atoms with Gasteiger partial charge in [0.15, 0.2) is 0 Å². The molecule has 0 aliphatic rings. The molecule has 0 unspecified atom stereocenters. The molecule has 0 saturated heterocycles. The minimum Gasteiger partial charge on any atom is -0.469 e. The average molecular weight is 327 g/mol. The van der Waals surface area contributed by atoms with Crippen molar-refractivity contribution in [1.29, 1.82) is 5.41 Å². The van der Waals surface area contributed by atoms with E-state index in [1.165, 1.54) is 12.1 Å².